The summed E-state index contributed by atoms with van der Waals surface area (Å²) in [5.41, 5.74) is 0. The SMILES string of the molecule is Fc1ccc[c]([Ga]([c]2cccc(F)c2)[c]2cccc(F)c2)c1. The summed E-state index contributed by atoms with van der Waals surface area (Å²) in [5, 5.41) is 0. The second kappa shape index (κ2) is 6.46. The van der Waals surface area contributed by atoms with Gasteiger partial charge in [-0.15, -0.1) is 0 Å². The molecule has 0 amide bonds. The molecule has 0 fully saturated rings. The Kier molecular flexibility index (Phi) is 4.41. The van der Waals surface area contributed by atoms with E-state index in [-0.39, 0.29) is 17.5 Å². The van der Waals surface area contributed by atoms with Gasteiger partial charge in [-0.05, 0) is 0 Å². The van der Waals surface area contributed by atoms with Gasteiger partial charge >= 0.3 is 132 Å². The second-order valence-electron chi connectivity index (χ2n) is 5.10. The Labute approximate surface area is 132 Å². The predicted octanol–water partition coefficient (Wildman–Crippen LogP) is 2.62. The van der Waals surface area contributed by atoms with Crippen LogP contribution in [0.5, 0.6) is 0 Å². The molecule has 4 heteroatoms. The molecule has 0 unspecified atom stereocenters. The summed E-state index contributed by atoms with van der Waals surface area (Å²) in [4.78, 5) is 0. The van der Waals surface area contributed by atoms with Crippen molar-refractivity contribution < 1.29 is 13.2 Å². The maximum absolute atomic E-state index is 13.6. The summed E-state index contributed by atoms with van der Waals surface area (Å²) in [6, 6.07) is 19.0. The molecule has 0 nitrogen and oxygen atoms in total. The van der Waals surface area contributed by atoms with Gasteiger partial charge in [-0.25, -0.2) is 0 Å². The van der Waals surface area contributed by atoms with Crippen molar-refractivity contribution in [2.75, 3.05) is 0 Å². The van der Waals surface area contributed by atoms with Crippen molar-refractivity contribution in [1.82, 2.24) is 0 Å². The molecule has 0 aliphatic heterocycles. The Balaban J connectivity index is 2.18. The van der Waals surface area contributed by atoms with Gasteiger partial charge in [0.2, 0.25) is 0 Å². The molecular formula is C18H12F3Ga. The number of benzene rings is 3. The van der Waals surface area contributed by atoms with Crippen LogP contribution in [0.1, 0.15) is 0 Å². The van der Waals surface area contributed by atoms with E-state index in [1.807, 2.05) is 18.2 Å². The van der Waals surface area contributed by atoms with Crippen LogP contribution in [0.3, 0.4) is 0 Å². The number of rotatable bonds is 3. The quantitative estimate of drug-likeness (QED) is 0.634. The molecule has 22 heavy (non-hydrogen) atoms. The van der Waals surface area contributed by atoms with Crippen molar-refractivity contribution in [3.63, 3.8) is 0 Å². The van der Waals surface area contributed by atoms with E-state index in [2.05, 4.69) is 0 Å². The molecule has 0 atom stereocenters. The monoisotopic (exact) mass is 354 g/mol. The van der Waals surface area contributed by atoms with Crippen LogP contribution in [0, 0.1) is 17.5 Å². The van der Waals surface area contributed by atoms with Gasteiger partial charge in [0.15, 0.2) is 0 Å². The van der Waals surface area contributed by atoms with E-state index in [1.54, 1.807) is 18.2 Å². The van der Waals surface area contributed by atoms with Gasteiger partial charge < -0.3 is 0 Å². The Hall–Kier alpha value is -1.91. The van der Waals surface area contributed by atoms with Crippen LogP contribution < -0.4 is 12.4 Å². The molecule has 0 radical (unpaired) electrons. The third-order valence-corrected chi connectivity index (χ3v) is 10.0. The van der Waals surface area contributed by atoms with Crippen LogP contribution in [0.15, 0.2) is 72.8 Å². The van der Waals surface area contributed by atoms with Crippen molar-refractivity contribution in [3.8, 4) is 0 Å². The topological polar surface area (TPSA) is 0 Å². The van der Waals surface area contributed by atoms with Gasteiger partial charge in [-0.2, -0.15) is 0 Å². The first-order valence-electron chi connectivity index (χ1n) is 6.90. The summed E-state index contributed by atoms with van der Waals surface area (Å²) in [6.45, 7) is 0. The summed E-state index contributed by atoms with van der Waals surface area (Å²) < 4.78 is 43.3. The van der Waals surface area contributed by atoms with E-state index in [9.17, 15) is 13.2 Å². The van der Waals surface area contributed by atoms with Crippen molar-refractivity contribution in [3.05, 3.63) is 90.2 Å². The summed E-state index contributed by atoms with van der Waals surface area (Å²) >= 11 is -2.70. The molecule has 0 aromatic heterocycles. The molecule has 0 heterocycles. The molecule has 0 spiro atoms. The number of halogens is 3. The van der Waals surface area contributed by atoms with E-state index in [1.165, 1.54) is 36.4 Å². The first-order valence-corrected chi connectivity index (χ1v) is 10.5. The van der Waals surface area contributed by atoms with Gasteiger partial charge in [-0.3, -0.25) is 0 Å². The van der Waals surface area contributed by atoms with E-state index in [4.69, 9.17) is 0 Å². The summed E-state index contributed by atoms with van der Waals surface area (Å²) in [5.74, 6) is -0.997. The Morgan fingerprint density at radius 1 is 0.500 bits per heavy atom. The zero-order chi connectivity index (χ0) is 15.5. The van der Waals surface area contributed by atoms with E-state index in [0.29, 0.717) is 0 Å². The van der Waals surface area contributed by atoms with Crippen LogP contribution in [0.2, 0.25) is 0 Å². The predicted molar refractivity (Wildman–Crippen MR) is 83.9 cm³/mol. The van der Waals surface area contributed by atoms with Crippen molar-refractivity contribution in [1.29, 1.82) is 0 Å². The molecule has 108 valence electrons. The third kappa shape index (κ3) is 3.29. The molecule has 0 saturated carbocycles. The van der Waals surface area contributed by atoms with Crippen LogP contribution in [-0.4, -0.2) is 16.2 Å². The van der Waals surface area contributed by atoms with Crippen LogP contribution >= 0.6 is 0 Å². The Bertz CT molecular complexity index is 693. The molecule has 3 aromatic carbocycles. The molecule has 3 rings (SSSR count). The summed E-state index contributed by atoms with van der Waals surface area (Å²) in [6.07, 6.45) is 0. The fourth-order valence-electron chi connectivity index (χ4n) is 2.64. The molecular weight excluding hydrogens is 343 g/mol. The van der Waals surface area contributed by atoms with Gasteiger partial charge in [0, 0.05) is 0 Å². The zero-order valence-corrected chi connectivity index (χ0v) is 14.1. The molecule has 0 aliphatic rings. The normalized spacial score (nSPS) is 10.5. The minimum absolute atomic E-state index is 0.332. The maximum atomic E-state index is 13.6. The zero-order valence-electron chi connectivity index (χ0n) is 11.6. The van der Waals surface area contributed by atoms with Gasteiger partial charge in [-0.1, -0.05) is 0 Å². The average Bonchev–Trinajstić information content (AvgIpc) is 2.48. The van der Waals surface area contributed by atoms with E-state index < -0.39 is 16.2 Å². The number of hydrogen-bond acceptors (Lipinski definition) is 0. The van der Waals surface area contributed by atoms with Gasteiger partial charge in [0.05, 0.1) is 0 Å². The Morgan fingerprint density at radius 3 is 1.09 bits per heavy atom. The number of hydrogen-bond donors (Lipinski definition) is 0. The van der Waals surface area contributed by atoms with Gasteiger partial charge in [0.25, 0.3) is 0 Å². The van der Waals surface area contributed by atoms with Crippen LogP contribution in [0.4, 0.5) is 13.2 Å². The fourth-order valence-corrected chi connectivity index (χ4v) is 9.02. The summed E-state index contributed by atoms with van der Waals surface area (Å²) in [7, 11) is 0. The fraction of sp³-hybridized carbons (Fsp3) is 0. The van der Waals surface area contributed by atoms with E-state index >= 15 is 0 Å². The average molecular weight is 355 g/mol. The minimum atomic E-state index is -2.70. The van der Waals surface area contributed by atoms with Crippen molar-refractivity contribution in [2.45, 2.75) is 0 Å². The first-order chi connectivity index (χ1) is 10.6. The molecule has 3 aromatic rings. The second-order valence-corrected chi connectivity index (χ2v) is 11.1. The molecule has 0 N–H and O–H groups in total. The third-order valence-electron chi connectivity index (χ3n) is 3.55. The molecule has 0 saturated heterocycles. The Morgan fingerprint density at radius 2 is 0.818 bits per heavy atom. The standard InChI is InChI=1S/3C6H4F.Ga/c3*7-6-4-2-1-3-5-6;/h3*1-2,4-5H;. The van der Waals surface area contributed by atoms with Crippen LogP contribution in [-0.2, 0) is 0 Å². The van der Waals surface area contributed by atoms with Crippen LogP contribution in [0.25, 0.3) is 0 Å². The van der Waals surface area contributed by atoms with Crippen molar-refractivity contribution in [2.24, 2.45) is 0 Å². The van der Waals surface area contributed by atoms with Gasteiger partial charge in [0.1, 0.15) is 0 Å². The first kappa shape index (κ1) is 15.0. The van der Waals surface area contributed by atoms with E-state index in [0.717, 1.165) is 12.4 Å². The molecule has 0 aliphatic carbocycles. The molecule has 0 bridgehead atoms. The van der Waals surface area contributed by atoms with Crippen molar-refractivity contribution >= 4 is 28.6 Å².